The summed E-state index contributed by atoms with van der Waals surface area (Å²) in [4.78, 5) is 22.6. The molecule has 0 aromatic heterocycles. The first-order chi connectivity index (χ1) is 8.33. The molecule has 0 unspecified atom stereocenters. The number of hydrogen-bond donors (Lipinski definition) is 3. The van der Waals surface area contributed by atoms with Gasteiger partial charge in [-0.2, -0.15) is 0 Å². The lowest BCUT2D eigenvalue weighted by atomic mass is 10.0. The van der Waals surface area contributed by atoms with Gasteiger partial charge in [0.15, 0.2) is 0 Å². The smallest absolute Gasteiger partial charge is 0.328 e. The molecule has 5 heteroatoms. The van der Waals surface area contributed by atoms with Crippen LogP contribution in [0.25, 0.3) is 0 Å². The van der Waals surface area contributed by atoms with Crippen molar-refractivity contribution in [2.24, 2.45) is 5.73 Å². The molecular formula is C13H18N2O3. The lowest BCUT2D eigenvalue weighted by Crippen LogP contribution is -2.55. The third-order valence-corrected chi connectivity index (χ3v) is 2.61. The van der Waals surface area contributed by atoms with E-state index in [2.05, 4.69) is 5.32 Å². The predicted octanol–water partition coefficient (Wildman–Crippen LogP) is 0.536. The molecule has 0 aliphatic heterocycles. The van der Waals surface area contributed by atoms with E-state index in [1.807, 2.05) is 30.3 Å². The van der Waals surface area contributed by atoms with E-state index in [0.29, 0.717) is 6.42 Å². The highest BCUT2D eigenvalue weighted by atomic mass is 16.4. The molecule has 0 aliphatic carbocycles. The van der Waals surface area contributed by atoms with Gasteiger partial charge in [-0.25, -0.2) is 4.79 Å². The molecule has 0 radical (unpaired) electrons. The number of nitrogens with two attached hydrogens (primary N) is 1. The lowest BCUT2D eigenvalue weighted by Gasteiger charge is -2.23. The zero-order valence-corrected chi connectivity index (χ0v) is 10.5. The molecule has 5 nitrogen and oxygen atoms in total. The van der Waals surface area contributed by atoms with Crippen LogP contribution in [0.15, 0.2) is 30.3 Å². The number of carboxylic acid groups (broad SMARTS) is 1. The molecule has 0 fully saturated rings. The molecule has 1 aromatic rings. The Labute approximate surface area is 106 Å². The highest BCUT2D eigenvalue weighted by Gasteiger charge is 2.30. The van der Waals surface area contributed by atoms with Crippen LogP contribution in [-0.2, 0) is 16.0 Å². The Balaban J connectivity index is 2.60. The fraction of sp³-hybridized carbons (Fsp3) is 0.385. The van der Waals surface area contributed by atoms with Crippen molar-refractivity contribution in [2.45, 2.75) is 31.8 Å². The fourth-order valence-electron chi connectivity index (χ4n) is 1.41. The van der Waals surface area contributed by atoms with Crippen LogP contribution >= 0.6 is 0 Å². The number of benzene rings is 1. The predicted molar refractivity (Wildman–Crippen MR) is 68.0 cm³/mol. The Bertz CT molecular complexity index is 429. The first-order valence-electron chi connectivity index (χ1n) is 5.68. The van der Waals surface area contributed by atoms with Gasteiger partial charge < -0.3 is 16.2 Å². The topological polar surface area (TPSA) is 92.4 Å². The van der Waals surface area contributed by atoms with Gasteiger partial charge in [0, 0.05) is 0 Å². The maximum Gasteiger partial charge on any atom is 0.328 e. The molecule has 0 heterocycles. The van der Waals surface area contributed by atoms with Crippen molar-refractivity contribution < 1.29 is 14.7 Å². The lowest BCUT2D eigenvalue weighted by molar-refractivity contribution is -0.146. The molecule has 0 aliphatic rings. The minimum absolute atomic E-state index is 0.377. The quantitative estimate of drug-likeness (QED) is 0.711. The van der Waals surface area contributed by atoms with Gasteiger partial charge in [0.1, 0.15) is 5.54 Å². The zero-order valence-electron chi connectivity index (χ0n) is 10.5. The van der Waals surface area contributed by atoms with Gasteiger partial charge in [-0.1, -0.05) is 30.3 Å². The summed E-state index contributed by atoms with van der Waals surface area (Å²) in [6.07, 6.45) is 0.377. The van der Waals surface area contributed by atoms with Crippen LogP contribution in [0.1, 0.15) is 19.4 Å². The van der Waals surface area contributed by atoms with E-state index in [1.165, 1.54) is 13.8 Å². The van der Waals surface area contributed by atoms with Gasteiger partial charge in [-0.05, 0) is 25.8 Å². The van der Waals surface area contributed by atoms with Crippen molar-refractivity contribution in [3.8, 4) is 0 Å². The second kappa shape index (κ2) is 5.64. The molecule has 1 atom stereocenters. The summed E-state index contributed by atoms with van der Waals surface area (Å²) in [7, 11) is 0. The zero-order chi connectivity index (χ0) is 13.8. The van der Waals surface area contributed by atoms with E-state index in [4.69, 9.17) is 10.8 Å². The van der Waals surface area contributed by atoms with Gasteiger partial charge in [0.05, 0.1) is 6.04 Å². The van der Waals surface area contributed by atoms with E-state index >= 15 is 0 Å². The van der Waals surface area contributed by atoms with Crippen LogP contribution in [0, 0.1) is 0 Å². The average molecular weight is 250 g/mol. The third-order valence-electron chi connectivity index (χ3n) is 2.61. The summed E-state index contributed by atoms with van der Waals surface area (Å²) < 4.78 is 0. The molecular weight excluding hydrogens is 232 g/mol. The first-order valence-corrected chi connectivity index (χ1v) is 5.68. The molecule has 0 spiro atoms. The first kappa shape index (κ1) is 14.2. The summed E-state index contributed by atoms with van der Waals surface area (Å²) in [6.45, 7) is 2.84. The molecule has 1 rings (SSSR count). The van der Waals surface area contributed by atoms with Crippen molar-refractivity contribution in [3.05, 3.63) is 35.9 Å². The van der Waals surface area contributed by atoms with Gasteiger partial charge in [0.2, 0.25) is 5.91 Å². The molecule has 0 bridgehead atoms. The van der Waals surface area contributed by atoms with Gasteiger partial charge in [0.25, 0.3) is 0 Å². The van der Waals surface area contributed by atoms with Crippen molar-refractivity contribution in [1.29, 1.82) is 0 Å². The van der Waals surface area contributed by atoms with Crippen LogP contribution in [0.2, 0.25) is 0 Å². The van der Waals surface area contributed by atoms with Crippen LogP contribution in [0.3, 0.4) is 0 Å². The maximum atomic E-state index is 11.8. The van der Waals surface area contributed by atoms with Crippen molar-refractivity contribution >= 4 is 11.9 Å². The van der Waals surface area contributed by atoms with Gasteiger partial charge in [-0.15, -0.1) is 0 Å². The van der Waals surface area contributed by atoms with Crippen LogP contribution < -0.4 is 11.1 Å². The molecule has 1 amide bonds. The molecule has 0 saturated carbocycles. The van der Waals surface area contributed by atoms with E-state index in [9.17, 15) is 9.59 Å². The van der Waals surface area contributed by atoms with E-state index in [1.54, 1.807) is 0 Å². The number of hydrogen-bond acceptors (Lipinski definition) is 3. The standard InChI is InChI=1S/C13H18N2O3/c1-13(2,12(17)18)15-11(16)10(14)8-9-6-4-3-5-7-9/h3-7,10H,8,14H2,1-2H3,(H,15,16)(H,17,18)/t10-/m0/s1. The minimum Gasteiger partial charge on any atom is -0.480 e. The minimum atomic E-state index is -1.31. The molecule has 4 N–H and O–H groups in total. The average Bonchev–Trinajstić information content (AvgIpc) is 2.29. The molecule has 98 valence electrons. The highest BCUT2D eigenvalue weighted by Crippen LogP contribution is 2.05. The van der Waals surface area contributed by atoms with Gasteiger partial charge in [-0.3, -0.25) is 4.79 Å². The van der Waals surface area contributed by atoms with Crippen LogP contribution in [0.4, 0.5) is 0 Å². The molecule has 1 aromatic carbocycles. The molecule has 18 heavy (non-hydrogen) atoms. The number of carboxylic acids is 1. The van der Waals surface area contributed by atoms with Crippen molar-refractivity contribution in [2.75, 3.05) is 0 Å². The van der Waals surface area contributed by atoms with E-state index in [-0.39, 0.29) is 0 Å². The third kappa shape index (κ3) is 3.85. The summed E-state index contributed by atoms with van der Waals surface area (Å²) >= 11 is 0. The number of carbonyl (C=O) groups excluding carboxylic acids is 1. The number of carbonyl (C=O) groups is 2. The highest BCUT2D eigenvalue weighted by molar-refractivity contribution is 5.89. The fourth-order valence-corrected chi connectivity index (χ4v) is 1.41. The summed E-state index contributed by atoms with van der Waals surface area (Å²) in [5.41, 5.74) is 5.38. The maximum absolute atomic E-state index is 11.8. The summed E-state index contributed by atoms with van der Waals surface area (Å²) in [5.74, 6) is -1.56. The number of rotatable bonds is 5. The second-order valence-corrected chi connectivity index (χ2v) is 4.72. The van der Waals surface area contributed by atoms with Crippen molar-refractivity contribution in [1.82, 2.24) is 5.32 Å². The number of aliphatic carboxylic acids is 1. The van der Waals surface area contributed by atoms with Crippen molar-refractivity contribution in [3.63, 3.8) is 0 Å². The van der Waals surface area contributed by atoms with Crippen LogP contribution in [-0.4, -0.2) is 28.6 Å². The molecule has 0 saturated heterocycles. The number of nitrogens with one attached hydrogen (secondary N) is 1. The van der Waals surface area contributed by atoms with E-state index < -0.39 is 23.5 Å². The monoisotopic (exact) mass is 250 g/mol. The Kier molecular flexibility index (Phi) is 4.44. The SMILES string of the molecule is CC(C)(NC(=O)[C@@H](N)Cc1ccccc1)C(=O)O. The largest absolute Gasteiger partial charge is 0.480 e. The summed E-state index contributed by atoms with van der Waals surface area (Å²) in [5, 5.41) is 11.3. The van der Waals surface area contributed by atoms with Gasteiger partial charge >= 0.3 is 5.97 Å². The number of amides is 1. The second-order valence-electron chi connectivity index (χ2n) is 4.72. The normalized spacial score (nSPS) is 12.8. The van der Waals surface area contributed by atoms with Crippen LogP contribution in [0.5, 0.6) is 0 Å². The summed E-state index contributed by atoms with van der Waals surface area (Å²) in [6, 6.07) is 8.58. The Morgan fingerprint density at radius 3 is 2.39 bits per heavy atom. The van der Waals surface area contributed by atoms with E-state index in [0.717, 1.165) is 5.56 Å². The Morgan fingerprint density at radius 1 is 1.33 bits per heavy atom. The Hall–Kier alpha value is -1.88. The Morgan fingerprint density at radius 2 is 1.89 bits per heavy atom.